The molecule has 1 aliphatic rings. The van der Waals surface area contributed by atoms with Gasteiger partial charge in [-0.2, -0.15) is 4.31 Å². The molecule has 0 unspecified atom stereocenters. The summed E-state index contributed by atoms with van der Waals surface area (Å²) in [6, 6.07) is 6.46. The van der Waals surface area contributed by atoms with Gasteiger partial charge in [-0.15, -0.1) is 0 Å². The highest BCUT2D eigenvalue weighted by atomic mass is 79.9. The first-order valence-corrected chi connectivity index (χ1v) is 9.87. The fourth-order valence-corrected chi connectivity index (χ4v) is 5.50. The Balaban J connectivity index is 2.45. The highest BCUT2D eigenvalue weighted by molar-refractivity contribution is 9.09. The molecule has 1 aromatic carbocycles. The number of sulfonamides is 1. The van der Waals surface area contributed by atoms with Gasteiger partial charge in [-0.25, -0.2) is 13.2 Å². The van der Waals surface area contributed by atoms with Gasteiger partial charge in [-0.3, -0.25) is 0 Å². The maximum Gasteiger partial charge on any atom is 0.424 e. The van der Waals surface area contributed by atoms with Gasteiger partial charge < -0.3 is 4.74 Å². The summed E-state index contributed by atoms with van der Waals surface area (Å²) >= 11 is 3.57. The van der Waals surface area contributed by atoms with Crippen LogP contribution in [0.1, 0.15) is 32.8 Å². The summed E-state index contributed by atoms with van der Waals surface area (Å²) in [5.41, 5.74) is -0.000629. The maximum atomic E-state index is 13.0. The Morgan fingerprint density at radius 2 is 1.87 bits per heavy atom. The molecule has 5 nitrogen and oxygen atoms in total. The third kappa shape index (κ3) is 3.40. The summed E-state index contributed by atoms with van der Waals surface area (Å²) in [6.45, 7) is 7.76. The quantitative estimate of drug-likeness (QED) is 0.702. The van der Waals surface area contributed by atoms with E-state index in [2.05, 4.69) is 15.9 Å². The molecule has 7 heteroatoms. The van der Waals surface area contributed by atoms with E-state index >= 15 is 0 Å². The lowest BCUT2D eigenvalue weighted by atomic mass is 9.93. The Morgan fingerprint density at radius 3 is 2.39 bits per heavy atom. The van der Waals surface area contributed by atoms with Crippen LogP contribution in [0.15, 0.2) is 29.2 Å². The molecule has 1 aliphatic heterocycles. The topological polar surface area (TPSA) is 63.7 Å². The van der Waals surface area contributed by atoms with Gasteiger partial charge in [0.05, 0.1) is 4.90 Å². The highest BCUT2D eigenvalue weighted by Gasteiger charge is 2.54. The van der Waals surface area contributed by atoms with Crippen molar-refractivity contribution in [2.45, 2.75) is 49.4 Å². The molecule has 1 aromatic rings. The number of alkyl halides is 1. The fourth-order valence-electron chi connectivity index (χ4n) is 2.61. The Kier molecular flexibility index (Phi) is 5.11. The molecule has 0 radical (unpaired) electrons. The minimum atomic E-state index is -3.96. The van der Waals surface area contributed by atoms with E-state index in [1.165, 1.54) is 12.1 Å². The van der Waals surface area contributed by atoms with E-state index in [1.807, 2.05) is 20.8 Å². The molecule has 2 atom stereocenters. The Hall–Kier alpha value is -1.08. The predicted molar refractivity (Wildman–Crippen MR) is 92.1 cm³/mol. The zero-order valence-corrected chi connectivity index (χ0v) is 16.1. The van der Waals surface area contributed by atoms with Crippen molar-refractivity contribution >= 4 is 32.0 Å². The molecule has 1 heterocycles. The Morgan fingerprint density at radius 1 is 1.30 bits per heavy atom. The molecule has 0 aromatic heterocycles. The summed E-state index contributed by atoms with van der Waals surface area (Å²) in [5, 5.41) is 0. The largest absolute Gasteiger partial charge is 0.446 e. The van der Waals surface area contributed by atoms with Crippen molar-refractivity contribution in [3.05, 3.63) is 29.8 Å². The molecule has 0 aliphatic carbocycles. The zero-order chi connectivity index (χ0) is 17.4. The van der Waals surface area contributed by atoms with Crippen LogP contribution in [-0.2, 0) is 14.8 Å². The second kappa shape index (κ2) is 6.43. The van der Waals surface area contributed by atoms with Crippen molar-refractivity contribution in [2.75, 3.05) is 6.61 Å². The number of carbonyl (C=O) groups is 1. The molecule has 0 saturated carbocycles. The van der Waals surface area contributed by atoms with Crippen LogP contribution in [-0.4, -0.2) is 35.8 Å². The summed E-state index contributed by atoms with van der Waals surface area (Å²) in [6.07, 6.45) is -0.0890. The summed E-state index contributed by atoms with van der Waals surface area (Å²) in [7, 11) is -3.96. The summed E-state index contributed by atoms with van der Waals surface area (Å²) < 4.78 is 31.9. The van der Waals surface area contributed by atoms with E-state index in [1.54, 1.807) is 19.1 Å². The van der Waals surface area contributed by atoms with Gasteiger partial charge in [0.25, 0.3) is 10.0 Å². The van der Waals surface area contributed by atoms with Crippen LogP contribution >= 0.6 is 15.9 Å². The second-order valence-electron chi connectivity index (χ2n) is 6.59. The van der Waals surface area contributed by atoms with E-state index < -0.39 is 21.7 Å². The van der Waals surface area contributed by atoms with Crippen molar-refractivity contribution in [3.63, 3.8) is 0 Å². The van der Waals surface area contributed by atoms with Crippen molar-refractivity contribution < 1.29 is 17.9 Å². The number of halogens is 1. The second-order valence-corrected chi connectivity index (χ2v) is 9.48. The smallest absolute Gasteiger partial charge is 0.424 e. The molecular formula is C16H22BrNO4S. The van der Waals surface area contributed by atoms with E-state index in [4.69, 9.17) is 4.74 Å². The van der Waals surface area contributed by atoms with Gasteiger partial charge >= 0.3 is 6.09 Å². The van der Waals surface area contributed by atoms with E-state index in [-0.39, 0.29) is 16.3 Å². The van der Waals surface area contributed by atoms with E-state index in [0.717, 1.165) is 16.3 Å². The van der Waals surface area contributed by atoms with Crippen molar-refractivity contribution in [3.8, 4) is 0 Å². The lowest BCUT2D eigenvalue weighted by Gasteiger charge is -2.35. The summed E-state index contributed by atoms with van der Waals surface area (Å²) in [5.74, 6) is 0.357. The molecule has 128 valence electrons. The third-order valence-electron chi connectivity index (χ3n) is 4.03. The van der Waals surface area contributed by atoms with Gasteiger partial charge in [0.2, 0.25) is 0 Å². The van der Waals surface area contributed by atoms with Gasteiger partial charge in [-0.1, -0.05) is 47.5 Å². The fraction of sp³-hybridized carbons (Fsp3) is 0.562. The molecule has 0 N–H and O–H groups in total. The highest BCUT2D eigenvalue weighted by Crippen LogP contribution is 2.38. The number of amides is 1. The van der Waals surface area contributed by atoms with Crippen molar-refractivity contribution in [1.29, 1.82) is 0 Å². The Labute approximate surface area is 146 Å². The average Bonchev–Trinajstić information content (AvgIpc) is 2.76. The normalized spacial score (nSPS) is 23.2. The molecule has 1 saturated heterocycles. The average molecular weight is 404 g/mol. The third-order valence-corrected chi connectivity index (χ3v) is 7.30. The lowest BCUT2D eigenvalue weighted by Crippen LogP contribution is -2.54. The number of hydrogen-bond acceptors (Lipinski definition) is 4. The number of rotatable bonds is 5. The lowest BCUT2D eigenvalue weighted by molar-refractivity contribution is 0.169. The van der Waals surface area contributed by atoms with Crippen LogP contribution in [0.4, 0.5) is 4.79 Å². The molecule has 1 amide bonds. The maximum absolute atomic E-state index is 13.0. The number of hydrogen-bond donors (Lipinski definition) is 0. The van der Waals surface area contributed by atoms with Gasteiger partial charge in [-0.05, 0) is 38.3 Å². The van der Waals surface area contributed by atoms with Gasteiger partial charge in [0, 0.05) is 4.83 Å². The molecule has 0 bridgehead atoms. The number of aryl methyl sites for hydroxylation is 1. The standard InChI is InChI=1S/C16H22BrNO4S/c1-11(2)9-14(17)16(4)10-22-15(19)18(16)23(20,21)13-7-5-12(3)6-8-13/h5-8,11,14H,9-10H2,1-4H3/t14-,16-/m1/s1. The number of nitrogens with zero attached hydrogens (tertiary/aromatic N) is 1. The van der Waals surface area contributed by atoms with E-state index in [0.29, 0.717) is 5.92 Å². The number of ether oxygens (including phenoxy) is 1. The first-order chi connectivity index (χ1) is 10.6. The summed E-state index contributed by atoms with van der Waals surface area (Å²) in [4.78, 5) is 12.1. The van der Waals surface area contributed by atoms with Crippen molar-refractivity contribution in [1.82, 2.24) is 4.31 Å². The number of benzene rings is 1. The van der Waals surface area contributed by atoms with E-state index in [9.17, 15) is 13.2 Å². The minimum Gasteiger partial charge on any atom is -0.446 e. The van der Waals surface area contributed by atoms with Gasteiger partial charge in [0.1, 0.15) is 12.1 Å². The van der Waals surface area contributed by atoms with Crippen LogP contribution in [0.25, 0.3) is 0 Å². The Bertz CT molecular complexity index is 687. The number of cyclic esters (lactones) is 1. The molecular weight excluding hydrogens is 382 g/mol. The monoisotopic (exact) mass is 403 g/mol. The van der Waals surface area contributed by atoms with Crippen LogP contribution in [0.5, 0.6) is 0 Å². The van der Waals surface area contributed by atoms with Crippen LogP contribution in [0, 0.1) is 12.8 Å². The number of carbonyl (C=O) groups excluding carboxylic acids is 1. The van der Waals surface area contributed by atoms with Gasteiger partial charge in [0.15, 0.2) is 0 Å². The molecule has 23 heavy (non-hydrogen) atoms. The SMILES string of the molecule is Cc1ccc(S(=O)(=O)N2C(=O)OC[C@]2(C)[C@H](Br)CC(C)C)cc1. The van der Waals surface area contributed by atoms with Crippen LogP contribution in [0.3, 0.4) is 0 Å². The first-order valence-electron chi connectivity index (χ1n) is 7.52. The predicted octanol–water partition coefficient (Wildman–Crippen LogP) is 3.70. The molecule has 2 rings (SSSR count). The van der Waals surface area contributed by atoms with Crippen LogP contribution in [0.2, 0.25) is 0 Å². The minimum absolute atomic E-state index is 0.0412. The molecule has 1 fully saturated rings. The van der Waals surface area contributed by atoms with Crippen LogP contribution < -0.4 is 0 Å². The zero-order valence-electron chi connectivity index (χ0n) is 13.7. The first kappa shape index (κ1) is 18.3. The molecule has 0 spiro atoms. The van der Waals surface area contributed by atoms with Crippen molar-refractivity contribution in [2.24, 2.45) is 5.92 Å².